The molecule has 3 aromatic rings. The topological polar surface area (TPSA) is 73.0 Å². The lowest BCUT2D eigenvalue weighted by Crippen LogP contribution is -2.23. The van der Waals surface area contributed by atoms with Gasteiger partial charge in [-0.05, 0) is 50.1 Å². The van der Waals surface area contributed by atoms with Gasteiger partial charge in [-0.25, -0.2) is 0 Å². The normalized spacial score (nSPS) is 12.2. The van der Waals surface area contributed by atoms with Crippen molar-refractivity contribution in [1.29, 1.82) is 0 Å². The first-order valence-electron chi connectivity index (χ1n) is 7.93. The Bertz CT molecular complexity index is 887. The maximum Gasteiger partial charge on any atom is 0.237 e. The fraction of sp³-hybridized carbons (Fsp3) is 0.278. The van der Waals surface area contributed by atoms with E-state index in [0.717, 1.165) is 16.8 Å². The van der Waals surface area contributed by atoms with Crippen molar-refractivity contribution >= 4 is 23.4 Å². The number of amides is 1. The highest BCUT2D eigenvalue weighted by atomic mass is 32.2. The van der Waals surface area contributed by atoms with Crippen molar-refractivity contribution < 1.29 is 9.21 Å². The van der Waals surface area contributed by atoms with Gasteiger partial charge in [0.05, 0.1) is 11.5 Å². The number of nitrogens with one attached hydrogen (secondary N) is 1. The minimum atomic E-state index is -0.313. The molecule has 1 amide bonds. The number of aromatic nitrogens is 3. The van der Waals surface area contributed by atoms with Gasteiger partial charge in [-0.15, -0.1) is 10.2 Å². The molecule has 0 aliphatic heterocycles. The molecule has 2 aromatic heterocycles. The molecule has 0 saturated heterocycles. The van der Waals surface area contributed by atoms with Crippen LogP contribution in [0.1, 0.15) is 18.1 Å². The van der Waals surface area contributed by atoms with E-state index < -0.39 is 0 Å². The second kappa shape index (κ2) is 7.14. The summed E-state index contributed by atoms with van der Waals surface area (Å²) in [6, 6.07) is 9.63. The summed E-state index contributed by atoms with van der Waals surface area (Å²) in [7, 11) is 1.86. The van der Waals surface area contributed by atoms with E-state index in [0.29, 0.717) is 16.7 Å². The van der Waals surface area contributed by atoms with E-state index in [4.69, 9.17) is 4.42 Å². The van der Waals surface area contributed by atoms with Gasteiger partial charge in [0, 0.05) is 12.7 Å². The smallest absolute Gasteiger partial charge is 0.237 e. The molecule has 3 rings (SSSR count). The lowest BCUT2D eigenvalue weighted by molar-refractivity contribution is -0.115. The molecule has 0 aliphatic rings. The lowest BCUT2D eigenvalue weighted by Gasteiger charge is -2.13. The number of hydrogen-bond donors (Lipinski definition) is 1. The number of aryl methyl sites for hydroxylation is 2. The predicted molar refractivity (Wildman–Crippen MR) is 98.6 cm³/mol. The molecule has 25 heavy (non-hydrogen) atoms. The minimum Gasteiger partial charge on any atom is -0.461 e. The number of furan rings is 1. The van der Waals surface area contributed by atoms with E-state index in [1.165, 1.54) is 11.8 Å². The Kier molecular flexibility index (Phi) is 4.94. The highest BCUT2D eigenvalue weighted by Crippen LogP contribution is 2.27. The van der Waals surface area contributed by atoms with Crippen molar-refractivity contribution in [3.05, 3.63) is 47.7 Å². The van der Waals surface area contributed by atoms with Gasteiger partial charge in [-0.1, -0.05) is 23.9 Å². The summed E-state index contributed by atoms with van der Waals surface area (Å²) in [6.45, 7) is 5.83. The molecule has 0 aliphatic carbocycles. The Morgan fingerprint density at radius 2 is 2.08 bits per heavy atom. The van der Waals surface area contributed by atoms with Crippen LogP contribution in [0.3, 0.4) is 0 Å². The molecule has 1 atom stereocenters. The van der Waals surface area contributed by atoms with Crippen molar-refractivity contribution in [2.24, 2.45) is 7.05 Å². The molecule has 0 bridgehead atoms. The zero-order valence-electron chi connectivity index (χ0n) is 14.6. The van der Waals surface area contributed by atoms with Crippen LogP contribution in [0.2, 0.25) is 0 Å². The first kappa shape index (κ1) is 17.3. The first-order valence-corrected chi connectivity index (χ1v) is 8.81. The Morgan fingerprint density at radius 3 is 2.80 bits per heavy atom. The van der Waals surface area contributed by atoms with E-state index in [2.05, 4.69) is 15.5 Å². The highest BCUT2D eigenvalue weighted by Gasteiger charge is 2.20. The predicted octanol–water partition coefficient (Wildman–Crippen LogP) is 3.81. The number of thioether (sulfide) groups is 1. The van der Waals surface area contributed by atoms with Crippen LogP contribution in [-0.2, 0) is 11.8 Å². The molecule has 130 valence electrons. The Hall–Kier alpha value is -2.54. The van der Waals surface area contributed by atoms with Crippen molar-refractivity contribution in [3.8, 4) is 11.6 Å². The third-order valence-electron chi connectivity index (χ3n) is 3.88. The summed E-state index contributed by atoms with van der Waals surface area (Å²) in [6.07, 6.45) is 1.59. The second-order valence-electron chi connectivity index (χ2n) is 5.91. The molecule has 7 heteroatoms. The zero-order valence-corrected chi connectivity index (χ0v) is 15.4. The molecule has 0 saturated carbocycles. The third kappa shape index (κ3) is 3.76. The van der Waals surface area contributed by atoms with Crippen molar-refractivity contribution in [2.75, 3.05) is 5.32 Å². The van der Waals surface area contributed by atoms with Crippen molar-refractivity contribution in [3.63, 3.8) is 0 Å². The fourth-order valence-electron chi connectivity index (χ4n) is 2.35. The number of nitrogens with zero attached hydrogens (tertiary/aromatic N) is 3. The van der Waals surface area contributed by atoms with Gasteiger partial charge < -0.3 is 14.3 Å². The van der Waals surface area contributed by atoms with Gasteiger partial charge in [-0.2, -0.15) is 0 Å². The van der Waals surface area contributed by atoms with E-state index in [9.17, 15) is 4.79 Å². The van der Waals surface area contributed by atoms with Gasteiger partial charge in [0.2, 0.25) is 5.91 Å². The molecule has 1 aromatic carbocycles. The van der Waals surface area contributed by atoms with E-state index >= 15 is 0 Å². The SMILES string of the molecule is Cc1ccc(C)c(NC(=O)C(C)Sc2nnc(-c3ccco3)n2C)c1. The third-order valence-corrected chi connectivity index (χ3v) is 5.01. The molecular formula is C18H20N4O2S. The van der Waals surface area contributed by atoms with Gasteiger partial charge in [0.1, 0.15) is 0 Å². The van der Waals surface area contributed by atoms with E-state index in [1.54, 1.807) is 12.3 Å². The largest absolute Gasteiger partial charge is 0.461 e. The summed E-state index contributed by atoms with van der Waals surface area (Å²) >= 11 is 1.36. The van der Waals surface area contributed by atoms with Crippen molar-refractivity contribution in [1.82, 2.24) is 14.8 Å². The summed E-state index contributed by atoms with van der Waals surface area (Å²) in [5, 5.41) is 11.7. The van der Waals surface area contributed by atoms with E-state index in [1.807, 2.05) is 56.7 Å². The maximum atomic E-state index is 12.5. The van der Waals surface area contributed by atoms with Gasteiger partial charge >= 0.3 is 0 Å². The van der Waals surface area contributed by atoms with Crippen LogP contribution >= 0.6 is 11.8 Å². The number of benzene rings is 1. The Morgan fingerprint density at radius 1 is 1.28 bits per heavy atom. The van der Waals surface area contributed by atoms with E-state index in [-0.39, 0.29) is 11.2 Å². The maximum absolute atomic E-state index is 12.5. The zero-order chi connectivity index (χ0) is 18.0. The van der Waals surface area contributed by atoms with Crippen LogP contribution < -0.4 is 5.32 Å². The average molecular weight is 356 g/mol. The summed E-state index contributed by atoms with van der Waals surface area (Å²) in [5.41, 5.74) is 2.99. The highest BCUT2D eigenvalue weighted by molar-refractivity contribution is 8.00. The number of carbonyl (C=O) groups is 1. The molecule has 6 nitrogen and oxygen atoms in total. The average Bonchev–Trinajstić information content (AvgIpc) is 3.21. The molecule has 2 heterocycles. The molecule has 0 radical (unpaired) electrons. The first-order chi connectivity index (χ1) is 12.0. The number of carbonyl (C=O) groups excluding carboxylic acids is 1. The standard InChI is InChI=1S/C18H20N4O2S/c1-11-7-8-12(2)14(10-11)19-17(23)13(3)25-18-21-20-16(22(18)4)15-6-5-9-24-15/h5-10,13H,1-4H3,(H,19,23). The van der Waals surface area contributed by atoms with Crippen LogP contribution in [0.25, 0.3) is 11.6 Å². The number of anilines is 1. The summed E-state index contributed by atoms with van der Waals surface area (Å²) < 4.78 is 7.18. The quantitative estimate of drug-likeness (QED) is 0.704. The van der Waals surface area contributed by atoms with Crippen LogP contribution in [0.4, 0.5) is 5.69 Å². The Balaban J connectivity index is 1.71. The molecule has 0 fully saturated rings. The molecule has 0 spiro atoms. The fourth-order valence-corrected chi connectivity index (χ4v) is 3.17. The Labute approximate surface area is 150 Å². The molecular weight excluding hydrogens is 336 g/mol. The van der Waals surface area contributed by atoms with Crippen LogP contribution in [0.15, 0.2) is 46.2 Å². The van der Waals surface area contributed by atoms with Gasteiger partial charge in [0.15, 0.2) is 16.7 Å². The summed E-state index contributed by atoms with van der Waals surface area (Å²) in [4.78, 5) is 12.5. The van der Waals surface area contributed by atoms with Crippen LogP contribution in [0.5, 0.6) is 0 Å². The number of rotatable bonds is 5. The lowest BCUT2D eigenvalue weighted by atomic mass is 10.1. The van der Waals surface area contributed by atoms with Gasteiger partial charge in [-0.3, -0.25) is 4.79 Å². The minimum absolute atomic E-state index is 0.0683. The van der Waals surface area contributed by atoms with Crippen LogP contribution in [0, 0.1) is 13.8 Å². The van der Waals surface area contributed by atoms with Crippen LogP contribution in [-0.4, -0.2) is 25.9 Å². The van der Waals surface area contributed by atoms with Crippen molar-refractivity contribution in [2.45, 2.75) is 31.2 Å². The monoisotopic (exact) mass is 356 g/mol. The molecule has 1 unspecified atom stereocenters. The second-order valence-corrected chi connectivity index (χ2v) is 7.22. The summed E-state index contributed by atoms with van der Waals surface area (Å²) in [5.74, 6) is 1.21. The molecule has 1 N–H and O–H groups in total. The van der Waals surface area contributed by atoms with Gasteiger partial charge in [0.25, 0.3) is 0 Å². The number of hydrogen-bond acceptors (Lipinski definition) is 5.